The highest BCUT2D eigenvalue weighted by Crippen LogP contribution is 2.28. The SMILES string of the molecule is CCN(CC)CCCN(CC)C(CN)CC1CCCCC1. The first-order chi connectivity index (χ1) is 10.2. The zero-order valence-electron chi connectivity index (χ0n) is 14.8. The predicted molar refractivity (Wildman–Crippen MR) is 93.7 cm³/mol. The molecule has 0 aromatic heterocycles. The number of rotatable bonds is 11. The lowest BCUT2D eigenvalue weighted by atomic mass is 9.84. The Balaban J connectivity index is 2.35. The maximum atomic E-state index is 6.10. The second-order valence-electron chi connectivity index (χ2n) is 6.64. The Morgan fingerprint density at radius 1 is 0.952 bits per heavy atom. The van der Waals surface area contributed by atoms with Gasteiger partial charge in [0.15, 0.2) is 0 Å². The first-order valence-corrected chi connectivity index (χ1v) is 9.41. The molecule has 0 aromatic rings. The Morgan fingerprint density at radius 2 is 1.62 bits per heavy atom. The lowest BCUT2D eigenvalue weighted by molar-refractivity contribution is 0.157. The minimum absolute atomic E-state index is 0.606. The molecule has 1 atom stereocenters. The van der Waals surface area contributed by atoms with Gasteiger partial charge in [0, 0.05) is 12.6 Å². The second-order valence-corrected chi connectivity index (χ2v) is 6.64. The van der Waals surface area contributed by atoms with Gasteiger partial charge in [-0.25, -0.2) is 0 Å². The van der Waals surface area contributed by atoms with Gasteiger partial charge >= 0.3 is 0 Å². The molecule has 0 saturated heterocycles. The summed E-state index contributed by atoms with van der Waals surface area (Å²) in [6, 6.07) is 0.606. The van der Waals surface area contributed by atoms with E-state index in [0.29, 0.717) is 6.04 Å². The Bertz CT molecular complexity index is 235. The van der Waals surface area contributed by atoms with Crippen LogP contribution in [0.5, 0.6) is 0 Å². The Morgan fingerprint density at radius 3 is 2.14 bits per heavy atom. The Hall–Kier alpha value is -0.120. The molecule has 1 fully saturated rings. The molecular weight excluding hydrogens is 258 g/mol. The highest BCUT2D eigenvalue weighted by molar-refractivity contribution is 4.78. The van der Waals surface area contributed by atoms with Crippen LogP contribution in [0.4, 0.5) is 0 Å². The van der Waals surface area contributed by atoms with E-state index in [2.05, 4.69) is 30.6 Å². The van der Waals surface area contributed by atoms with Crippen molar-refractivity contribution >= 4 is 0 Å². The summed E-state index contributed by atoms with van der Waals surface area (Å²) < 4.78 is 0. The van der Waals surface area contributed by atoms with E-state index in [0.717, 1.165) is 19.0 Å². The smallest absolute Gasteiger partial charge is 0.0220 e. The van der Waals surface area contributed by atoms with Crippen molar-refractivity contribution in [3.05, 3.63) is 0 Å². The lowest BCUT2D eigenvalue weighted by Gasteiger charge is -2.34. The molecule has 2 N–H and O–H groups in total. The van der Waals surface area contributed by atoms with Gasteiger partial charge in [0.05, 0.1) is 0 Å². The van der Waals surface area contributed by atoms with Crippen molar-refractivity contribution in [2.75, 3.05) is 39.3 Å². The number of likely N-dealkylation sites (N-methyl/N-ethyl adjacent to an activating group) is 1. The van der Waals surface area contributed by atoms with Crippen molar-refractivity contribution in [1.82, 2.24) is 9.80 Å². The highest BCUT2D eigenvalue weighted by Gasteiger charge is 2.22. The molecule has 0 bridgehead atoms. The molecule has 0 aromatic carbocycles. The third kappa shape index (κ3) is 7.12. The van der Waals surface area contributed by atoms with Crippen molar-refractivity contribution in [1.29, 1.82) is 0 Å². The van der Waals surface area contributed by atoms with E-state index in [1.807, 2.05) is 0 Å². The highest BCUT2D eigenvalue weighted by atomic mass is 15.2. The molecule has 0 radical (unpaired) electrons. The first-order valence-electron chi connectivity index (χ1n) is 9.41. The van der Waals surface area contributed by atoms with Crippen molar-refractivity contribution in [3.63, 3.8) is 0 Å². The summed E-state index contributed by atoms with van der Waals surface area (Å²) in [7, 11) is 0. The van der Waals surface area contributed by atoms with Crippen LogP contribution in [0.2, 0.25) is 0 Å². The van der Waals surface area contributed by atoms with Crippen molar-refractivity contribution < 1.29 is 0 Å². The van der Waals surface area contributed by atoms with E-state index in [4.69, 9.17) is 5.73 Å². The minimum atomic E-state index is 0.606. The molecule has 3 heteroatoms. The summed E-state index contributed by atoms with van der Waals surface area (Å²) in [6.45, 7) is 13.6. The number of hydrogen-bond acceptors (Lipinski definition) is 3. The third-order valence-corrected chi connectivity index (χ3v) is 5.34. The summed E-state index contributed by atoms with van der Waals surface area (Å²) in [6.07, 6.45) is 9.81. The summed E-state index contributed by atoms with van der Waals surface area (Å²) in [5.41, 5.74) is 6.10. The third-order valence-electron chi connectivity index (χ3n) is 5.34. The molecule has 1 rings (SSSR count). The van der Waals surface area contributed by atoms with Gasteiger partial charge in [-0.1, -0.05) is 52.9 Å². The molecule has 0 heterocycles. The molecule has 1 aliphatic rings. The summed E-state index contributed by atoms with van der Waals surface area (Å²) >= 11 is 0. The maximum Gasteiger partial charge on any atom is 0.0220 e. The summed E-state index contributed by atoms with van der Waals surface area (Å²) in [4.78, 5) is 5.16. The fourth-order valence-electron chi connectivity index (χ4n) is 3.84. The van der Waals surface area contributed by atoms with Crippen LogP contribution in [0.15, 0.2) is 0 Å². The van der Waals surface area contributed by atoms with Gasteiger partial charge in [0.25, 0.3) is 0 Å². The zero-order chi connectivity index (χ0) is 15.5. The number of nitrogens with zero attached hydrogens (tertiary/aromatic N) is 2. The average Bonchev–Trinajstić information content (AvgIpc) is 2.54. The first kappa shape index (κ1) is 18.9. The van der Waals surface area contributed by atoms with Gasteiger partial charge < -0.3 is 10.6 Å². The van der Waals surface area contributed by atoms with Crippen LogP contribution in [-0.2, 0) is 0 Å². The minimum Gasteiger partial charge on any atom is -0.329 e. The predicted octanol–water partition coefficient (Wildman–Crippen LogP) is 3.34. The van der Waals surface area contributed by atoms with E-state index in [-0.39, 0.29) is 0 Å². The van der Waals surface area contributed by atoms with Gasteiger partial charge in [0.2, 0.25) is 0 Å². The van der Waals surface area contributed by atoms with Crippen molar-refractivity contribution in [2.45, 2.75) is 71.8 Å². The van der Waals surface area contributed by atoms with Crippen LogP contribution in [0.3, 0.4) is 0 Å². The Labute approximate surface area is 133 Å². The van der Waals surface area contributed by atoms with Crippen LogP contribution >= 0.6 is 0 Å². The van der Waals surface area contributed by atoms with E-state index in [1.54, 1.807) is 0 Å². The topological polar surface area (TPSA) is 32.5 Å². The molecule has 1 aliphatic carbocycles. The van der Waals surface area contributed by atoms with Crippen LogP contribution in [-0.4, -0.2) is 55.1 Å². The number of hydrogen-bond donors (Lipinski definition) is 1. The fraction of sp³-hybridized carbons (Fsp3) is 1.00. The summed E-state index contributed by atoms with van der Waals surface area (Å²) in [5.74, 6) is 0.934. The maximum absolute atomic E-state index is 6.10. The van der Waals surface area contributed by atoms with Crippen LogP contribution in [0, 0.1) is 5.92 Å². The van der Waals surface area contributed by atoms with Crippen molar-refractivity contribution in [3.8, 4) is 0 Å². The molecule has 1 unspecified atom stereocenters. The van der Waals surface area contributed by atoms with Crippen molar-refractivity contribution in [2.24, 2.45) is 11.7 Å². The molecular formula is C18H39N3. The van der Waals surface area contributed by atoms with Gasteiger partial charge in [0.1, 0.15) is 0 Å². The molecule has 3 nitrogen and oxygen atoms in total. The normalized spacial score (nSPS) is 18.6. The largest absolute Gasteiger partial charge is 0.329 e. The van der Waals surface area contributed by atoms with E-state index in [1.165, 1.54) is 71.1 Å². The van der Waals surface area contributed by atoms with Crippen LogP contribution < -0.4 is 5.73 Å². The van der Waals surface area contributed by atoms with Gasteiger partial charge in [-0.05, 0) is 51.5 Å². The van der Waals surface area contributed by atoms with Gasteiger partial charge in [-0.15, -0.1) is 0 Å². The standard InChI is InChI=1S/C18H39N3/c1-4-20(5-2)13-10-14-21(6-3)18(16-19)15-17-11-8-7-9-12-17/h17-18H,4-16,19H2,1-3H3. The summed E-state index contributed by atoms with van der Waals surface area (Å²) in [5, 5.41) is 0. The molecule has 21 heavy (non-hydrogen) atoms. The molecule has 1 saturated carbocycles. The lowest BCUT2D eigenvalue weighted by Crippen LogP contribution is -2.43. The van der Waals surface area contributed by atoms with E-state index in [9.17, 15) is 0 Å². The Kier molecular flexibility index (Phi) is 10.3. The molecule has 0 amide bonds. The quantitative estimate of drug-likeness (QED) is 0.635. The zero-order valence-corrected chi connectivity index (χ0v) is 14.8. The second kappa shape index (κ2) is 11.4. The monoisotopic (exact) mass is 297 g/mol. The van der Waals surface area contributed by atoms with E-state index < -0.39 is 0 Å². The fourth-order valence-corrected chi connectivity index (χ4v) is 3.84. The number of nitrogens with two attached hydrogens (primary N) is 1. The van der Waals surface area contributed by atoms with Crippen LogP contribution in [0.25, 0.3) is 0 Å². The molecule has 126 valence electrons. The van der Waals surface area contributed by atoms with Gasteiger partial charge in [-0.2, -0.15) is 0 Å². The average molecular weight is 298 g/mol. The molecule has 0 aliphatic heterocycles. The molecule has 0 spiro atoms. The van der Waals surface area contributed by atoms with E-state index >= 15 is 0 Å². The van der Waals surface area contributed by atoms with Crippen LogP contribution in [0.1, 0.15) is 65.7 Å². The van der Waals surface area contributed by atoms with Gasteiger partial charge in [-0.3, -0.25) is 4.90 Å².